The standard InChI is InChI=1S/C25H34N2O4/c1-18-12-19(2)25(20(3)13-18)31-17-23(30)15-26(10-11-28)14-22(29)16-27-9-8-21-6-4-5-7-24(21)27/h4-9,12-13,22-23,28-30H,10-11,14-17H2,1-3H3/t22-,23-/m1/s1. The second kappa shape index (κ2) is 10.8. The number of para-hydroxylation sites is 1. The third kappa shape index (κ3) is 6.31. The number of aliphatic hydroxyl groups is 3. The van der Waals surface area contributed by atoms with E-state index in [2.05, 4.69) is 12.1 Å². The Labute approximate surface area is 184 Å². The molecule has 3 rings (SSSR count). The van der Waals surface area contributed by atoms with Crippen LogP contribution in [0.4, 0.5) is 0 Å². The molecule has 6 heteroatoms. The Hall–Kier alpha value is -2.38. The number of hydrogen-bond acceptors (Lipinski definition) is 5. The van der Waals surface area contributed by atoms with Gasteiger partial charge in [0.2, 0.25) is 0 Å². The zero-order valence-corrected chi connectivity index (χ0v) is 18.7. The lowest BCUT2D eigenvalue weighted by Crippen LogP contribution is -2.42. The quantitative estimate of drug-likeness (QED) is 0.439. The molecule has 0 radical (unpaired) electrons. The summed E-state index contributed by atoms with van der Waals surface area (Å²) < 4.78 is 7.92. The van der Waals surface area contributed by atoms with E-state index in [1.807, 2.05) is 66.8 Å². The molecule has 1 heterocycles. The second-order valence-corrected chi connectivity index (χ2v) is 8.36. The second-order valence-electron chi connectivity index (χ2n) is 8.36. The van der Waals surface area contributed by atoms with Crippen molar-refractivity contribution in [1.29, 1.82) is 0 Å². The Bertz CT molecular complexity index is 962. The molecule has 0 spiro atoms. The molecule has 6 nitrogen and oxygen atoms in total. The van der Waals surface area contributed by atoms with Gasteiger partial charge in [0.25, 0.3) is 0 Å². The molecule has 0 aliphatic carbocycles. The number of hydrogen-bond donors (Lipinski definition) is 3. The van der Waals surface area contributed by atoms with Gasteiger partial charge in [-0.2, -0.15) is 0 Å². The average Bonchev–Trinajstić information content (AvgIpc) is 3.10. The van der Waals surface area contributed by atoms with Gasteiger partial charge in [0.1, 0.15) is 18.5 Å². The highest BCUT2D eigenvalue weighted by molar-refractivity contribution is 5.79. The van der Waals surface area contributed by atoms with Crippen molar-refractivity contribution in [3.63, 3.8) is 0 Å². The summed E-state index contributed by atoms with van der Waals surface area (Å²) in [6, 6.07) is 14.2. The maximum Gasteiger partial charge on any atom is 0.125 e. The van der Waals surface area contributed by atoms with Gasteiger partial charge < -0.3 is 24.6 Å². The van der Waals surface area contributed by atoms with Gasteiger partial charge in [-0.3, -0.25) is 4.90 Å². The number of rotatable bonds is 11. The largest absolute Gasteiger partial charge is 0.490 e. The predicted octanol–water partition coefficient (Wildman–Crippen LogP) is 2.66. The average molecular weight is 427 g/mol. The lowest BCUT2D eigenvalue weighted by molar-refractivity contribution is 0.0349. The topological polar surface area (TPSA) is 78.1 Å². The molecular weight excluding hydrogens is 392 g/mol. The molecule has 3 aromatic rings. The molecule has 2 atom stereocenters. The molecule has 0 amide bonds. The SMILES string of the molecule is Cc1cc(C)c(OC[C@H](O)CN(CCO)C[C@@H](O)Cn2ccc3ccccc32)c(C)c1. The number of aryl methyl sites for hydroxylation is 3. The van der Waals surface area contributed by atoms with E-state index < -0.39 is 12.2 Å². The number of aromatic nitrogens is 1. The van der Waals surface area contributed by atoms with Crippen molar-refractivity contribution in [2.24, 2.45) is 0 Å². The first kappa shape index (κ1) is 23.3. The predicted molar refractivity (Wildman–Crippen MR) is 124 cm³/mol. The lowest BCUT2D eigenvalue weighted by Gasteiger charge is -2.27. The van der Waals surface area contributed by atoms with E-state index in [4.69, 9.17) is 4.74 Å². The van der Waals surface area contributed by atoms with Crippen LogP contribution in [0, 0.1) is 20.8 Å². The van der Waals surface area contributed by atoms with Gasteiger partial charge in [-0.05, 0) is 49.4 Å². The first-order chi connectivity index (χ1) is 14.9. The Morgan fingerprint density at radius 3 is 2.35 bits per heavy atom. The van der Waals surface area contributed by atoms with E-state index in [1.54, 1.807) is 0 Å². The molecule has 0 unspecified atom stereocenters. The molecule has 2 aromatic carbocycles. The van der Waals surface area contributed by atoms with Crippen molar-refractivity contribution in [2.75, 3.05) is 32.8 Å². The van der Waals surface area contributed by atoms with Crippen LogP contribution < -0.4 is 4.74 Å². The summed E-state index contributed by atoms with van der Waals surface area (Å²) in [4.78, 5) is 1.87. The lowest BCUT2D eigenvalue weighted by atomic mass is 10.1. The Morgan fingerprint density at radius 1 is 0.968 bits per heavy atom. The van der Waals surface area contributed by atoms with Gasteiger partial charge >= 0.3 is 0 Å². The number of ether oxygens (including phenoxy) is 1. The molecule has 31 heavy (non-hydrogen) atoms. The fourth-order valence-electron chi connectivity index (χ4n) is 4.21. The van der Waals surface area contributed by atoms with Crippen LogP contribution in [0.5, 0.6) is 5.75 Å². The van der Waals surface area contributed by atoms with Crippen LogP contribution in [0.15, 0.2) is 48.7 Å². The van der Waals surface area contributed by atoms with Crippen LogP contribution in [0.1, 0.15) is 16.7 Å². The Morgan fingerprint density at radius 2 is 1.65 bits per heavy atom. The van der Waals surface area contributed by atoms with Crippen LogP contribution in [-0.4, -0.2) is 69.8 Å². The maximum atomic E-state index is 10.6. The zero-order chi connectivity index (χ0) is 22.4. The van der Waals surface area contributed by atoms with Crippen LogP contribution in [0.2, 0.25) is 0 Å². The van der Waals surface area contributed by atoms with Gasteiger partial charge in [-0.15, -0.1) is 0 Å². The van der Waals surface area contributed by atoms with Crippen molar-refractivity contribution in [2.45, 2.75) is 39.5 Å². The highest BCUT2D eigenvalue weighted by Crippen LogP contribution is 2.24. The molecule has 1 aromatic heterocycles. The molecule has 0 bridgehead atoms. The number of nitrogens with zero attached hydrogens (tertiary/aromatic N) is 2. The maximum absolute atomic E-state index is 10.6. The molecule has 168 valence electrons. The van der Waals surface area contributed by atoms with E-state index in [0.29, 0.717) is 26.2 Å². The monoisotopic (exact) mass is 426 g/mol. The summed E-state index contributed by atoms with van der Waals surface area (Å²) in [6.45, 7) is 7.66. The summed E-state index contributed by atoms with van der Waals surface area (Å²) in [6.07, 6.45) is 0.613. The Kier molecular flexibility index (Phi) is 8.09. The van der Waals surface area contributed by atoms with Crippen molar-refractivity contribution < 1.29 is 20.1 Å². The van der Waals surface area contributed by atoms with Crippen LogP contribution in [0.3, 0.4) is 0 Å². The normalized spacial score (nSPS) is 13.6. The summed E-state index contributed by atoms with van der Waals surface area (Å²) in [7, 11) is 0. The zero-order valence-electron chi connectivity index (χ0n) is 18.7. The first-order valence-electron chi connectivity index (χ1n) is 10.8. The van der Waals surface area contributed by atoms with E-state index in [9.17, 15) is 15.3 Å². The van der Waals surface area contributed by atoms with E-state index >= 15 is 0 Å². The first-order valence-corrected chi connectivity index (χ1v) is 10.8. The van der Waals surface area contributed by atoms with Crippen molar-refractivity contribution in [3.05, 3.63) is 65.4 Å². The van der Waals surface area contributed by atoms with Crippen LogP contribution >= 0.6 is 0 Å². The summed E-state index contributed by atoms with van der Waals surface area (Å²) in [5.74, 6) is 0.804. The summed E-state index contributed by atoms with van der Waals surface area (Å²) >= 11 is 0. The summed E-state index contributed by atoms with van der Waals surface area (Å²) in [5.41, 5.74) is 4.35. The molecule has 0 saturated heterocycles. The minimum Gasteiger partial charge on any atom is -0.490 e. The van der Waals surface area contributed by atoms with Gasteiger partial charge in [0.15, 0.2) is 0 Å². The highest BCUT2D eigenvalue weighted by atomic mass is 16.5. The van der Waals surface area contributed by atoms with Crippen molar-refractivity contribution in [3.8, 4) is 5.75 Å². The molecule has 0 fully saturated rings. The molecule has 0 saturated carbocycles. The van der Waals surface area contributed by atoms with Gasteiger partial charge in [0, 0.05) is 37.9 Å². The molecule has 0 aliphatic rings. The fraction of sp³-hybridized carbons (Fsp3) is 0.440. The Balaban J connectivity index is 1.55. The third-order valence-electron chi connectivity index (χ3n) is 5.47. The van der Waals surface area contributed by atoms with Crippen molar-refractivity contribution >= 4 is 10.9 Å². The van der Waals surface area contributed by atoms with E-state index in [1.165, 1.54) is 5.56 Å². The van der Waals surface area contributed by atoms with Crippen LogP contribution in [0.25, 0.3) is 10.9 Å². The number of benzene rings is 2. The summed E-state index contributed by atoms with van der Waals surface area (Å²) in [5, 5.41) is 31.7. The van der Waals surface area contributed by atoms with E-state index in [-0.39, 0.29) is 13.2 Å². The molecule has 0 aliphatic heterocycles. The third-order valence-corrected chi connectivity index (χ3v) is 5.47. The van der Waals surface area contributed by atoms with Gasteiger partial charge in [0.05, 0.1) is 12.7 Å². The van der Waals surface area contributed by atoms with Crippen LogP contribution in [-0.2, 0) is 6.54 Å². The minimum atomic E-state index is -0.730. The minimum absolute atomic E-state index is 0.0388. The van der Waals surface area contributed by atoms with Gasteiger partial charge in [-0.1, -0.05) is 35.9 Å². The highest BCUT2D eigenvalue weighted by Gasteiger charge is 2.18. The van der Waals surface area contributed by atoms with E-state index in [0.717, 1.165) is 27.8 Å². The smallest absolute Gasteiger partial charge is 0.125 e. The number of fused-ring (bicyclic) bond motifs is 1. The van der Waals surface area contributed by atoms with Gasteiger partial charge in [-0.25, -0.2) is 0 Å². The molecule has 3 N–H and O–H groups in total. The number of aliphatic hydroxyl groups excluding tert-OH is 3. The van der Waals surface area contributed by atoms with Crippen molar-refractivity contribution in [1.82, 2.24) is 9.47 Å². The molecular formula is C25H34N2O4. The fourth-order valence-corrected chi connectivity index (χ4v) is 4.21.